The number of aromatic nitrogens is 1. The van der Waals surface area contributed by atoms with Crippen molar-refractivity contribution in [2.75, 3.05) is 12.4 Å². The molecule has 0 spiro atoms. The molecule has 0 fully saturated rings. The summed E-state index contributed by atoms with van der Waals surface area (Å²) in [5, 5.41) is 2.74. The van der Waals surface area contributed by atoms with E-state index in [1.54, 1.807) is 13.2 Å². The van der Waals surface area contributed by atoms with Gasteiger partial charge in [0.1, 0.15) is 5.75 Å². The molecule has 98 valence electrons. The van der Waals surface area contributed by atoms with Crippen molar-refractivity contribution >= 4 is 11.6 Å². The van der Waals surface area contributed by atoms with Crippen LogP contribution in [0.4, 0.5) is 5.69 Å². The number of hydrogen-bond donors (Lipinski definition) is 2. The molecule has 0 saturated heterocycles. The number of methoxy groups -OCH3 is 1. The van der Waals surface area contributed by atoms with Crippen LogP contribution in [0.25, 0.3) is 0 Å². The van der Waals surface area contributed by atoms with Gasteiger partial charge in [-0.15, -0.1) is 0 Å². The third-order valence-electron chi connectivity index (χ3n) is 2.65. The van der Waals surface area contributed by atoms with E-state index < -0.39 is 0 Å². The SMILES string of the molecule is COc1cc(C)ccc1NC(=O)c1ccc(=O)[nH]c1. The Morgan fingerprint density at radius 1 is 1.26 bits per heavy atom. The van der Waals surface area contributed by atoms with Crippen LogP contribution in [-0.4, -0.2) is 18.0 Å². The van der Waals surface area contributed by atoms with Gasteiger partial charge in [0.2, 0.25) is 5.56 Å². The molecule has 2 rings (SSSR count). The summed E-state index contributed by atoms with van der Waals surface area (Å²) in [7, 11) is 1.55. The molecule has 5 heteroatoms. The van der Waals surface area contributed by atoms with E-state index in [1.807, 2.05) is 19.1 Å². The predicted molar refractivity (Wildman–Crippen MR) is 72.7 cm³/mol. The zero-order valence-corrected chi connectivity index (χ0v) is 10.7. The van der Waals surface area contributed by atoms with Crippen molar-refractivity contribution in [3.05, 3.63) is 58.0 Å². The van der Waals surface area contributed by atoms with Crippen LogP contribution < -0.4 is 15.6 Å². The molecule has 0 atom stereocenters. The van der Waals surface area contributed by atoms with Gasteiger partial charge >= 0.3 is 0 Å². The summed E-state index contributed by atoms with van der Waals surface area (Å²) in [5.41, 5.74) is 1.76. The highest BCUT2D eigenvalue weighted by molar-refractivity contribution is 6.04. The Balaban J connectivity index is 2.23. The first kappa shape index (κ1) is 12.9. The number of hydrogen-bond acceptors (Lipinski definition) is 3. The molecular formula is C14H14N2O3. The van der Waals surface area contributed by atoms with Crippen LogP contribution in [0.3, 0.4) is 0 Å². The van der Waals surface area contributed by atoms with Crippen molar-refractivity contribution in [2.45, 2.75) is 6.92 Å². The summed E-state index contributed by atoms with van der Waals surface area (Å²) in [6.07, 6.45) is 1.37. The number of ether oxygens (including phenoxy) is 1. The number of rotatable bonds is 3. The lowest BCUT2D eigenvalue weighted by Crippen LogP contribution is -2.15. The quantitative estimate of drug-likeness (QED) is 0.883. The highest BCUT2D eigenvalue weighted by Crippen LogP contribution is 2.25. The molecular weight excluding hydrogens is 244 g/mol. The van der Waals surface area contributed by atoms with Crippen LogP contribution in [-0.2, 0) is 0 Å². The Kier molecular flexibility index (Phi) is 3.66. The summed E-state index contributed by atoms with van der Waals surface area (Å²) >= 11 is 0. The number of carbonyl (C=O) groups excluding carboxylic acids is 1. The van der Waals surface area contributed by atoms with Crippen molar-refractivity contribution in [1.29, 1.82) is 0 Å². The molecule has 1 amide bonds. The van der Waals surface area contributed by atoms with E-state index in [4.69, 9.17) is 4.74 Å². The van der Waals surface area contributed by atoms with E-state index in [1.165, 1.54) is 18.3 Å². The average molecular weight is 258 g/mol. The van der Waals surface area contributed by atoms with Gasteiger partial charge in [0.05, 0.1) is 18.4 Å². The normalized spacial score (nSPS) is 10.0. The first-order valence-electron chi connectivity index (χ1n) is 5.75. The van der Waals surface area contributed by atoms with Crippen LogP contribution in [0.15, 0.2) is 41.3 Å². The summed E-state index contributed by atoms with van der Waals surface area (Å²) in [4.78, 5) is 25.4. The smallest absolute Gasteiger partial charge is 0.257 e. The number of carbonyl (C=O) groups is 1. The maximum atomic E-state index is 12.0. The van der Waals surface area contributed by atoms with Crippen molar-refractivity contribution < 1.29 is 9.53 Å². The van der Waals surface area contributed by atoms with E-state index in [0.717, 1.165) is 5.56 Å². The van der Waals surface area contributed by atoms with Crippen molar-refractivity contribution in [3.63, 3.8) is 0 Å². The summed E-state index contributed by atoms with van der Waals surface area (Å²) in [5.74, 6) is 0.288. The highest BCUT2D eigenvalue weighted by atomic mass is 16.5. The van der Waals surface area contributed by atoms with Crippen LogP contribution in [0, 0.1) is 6.92 Å². The zero-order valence-electron chi connectivity index (χ0n) is 10.7. The maximum absolute atomic E-state index is 12.0. The number of aromatic amines is 1. The Labute approximate surface area is 110 Å². The van der Waals surface area contributed by atoms with Crippen molar-refractivity contribution in [2.24, 2.45) is 0 Å². The average Bonchev–Trinajstić information content (AvgIpc) is 2.41. The van der Waals surface area contributed by atoms with E-state index in [9.17, 15) is 9.59 Å². The number of amides is 1. The molecule has 0 unspecified atom stereocenters. The number of benzene rings is 1. The zero-order chi connectivity index (χ0) is 13.8. The number of H-pyrrole nitrogens is 1. The topological polar surface area (TPSA) is 71.2 Å². The number of aryl methyl sites for hydroxylation is 1. The van der Waals surface area contributed by atoms with Crippen LogP contribution >= 0.6 is 0 Å². The summed E-state index contributed by atoms with van der Waals surface area (Å²) in [6, 6.07) is 8.27. The molecule has 0 bridgehead atoms. The second-order valence-corrected chi connectivity index (χ2v) is 4.10. The Morgan fingerprint density at radius 3 is 2.68 bits per heavy atom. The number of nitrogens with one attached hydrogen (secondary N) is 2. The van der Waals surface area contributed by atoms with Crippen LogP contribution in [0.1, 0.15) is 15.9 Å². The lowest BCUT2D eigenvalue weighted by Gasteiger charge is -2.10. The number of pyridine rings is 1. The molecule has 2 N–H and O–H groups in total. The molecule has 0 saturated carbocycles. The van der Waals surface area contributed by atoms with Gasteiger partial charge in [-0.3, -0.25) is 9.59 Å². The fourth-order valence-corrected chi connectivity index (χ4v) is 1.65. The highest BCUT2D eigenvalue weighted by Gasteiger charge is 2.09. The summed E-state index contributed by atoms with van der Waals surface area (Å²) in [6.45, 7) is 1.94. The minimum absolute atomic E-state index is 0.246. The van der Waals surface area contributed by atoms with Gasteiger partial charge in [0.15, 0.2) is 0 Å². The van der Waals surface area contributed by atoms with E-state index in [-0.39, 0.29) is 11.5 Å². The van der Waals surface area contributed by atoms with Gasteiger partial charge in [-0.2, -0.15) is 0 Å². The van der Waals surface area contributed by atoms with Crippen molar-refractivity contribution in [1.82, 2.24) is 4.98 Å². The molecule has 19 heavy (non-hydrogen) atoms. The van der Waals surface area contributed by atoms with Gasteiger partial charge in [-0.1, -0.05) is 6.07 Å². The van der Waals surface area contributed by atoms with Crippen LogP contribution in [0.5, 0.6) is 5.75 Å². The third kappa shape index (κ3) is 3.01. The molecule has 1 aromatic heterocycles. The second-order valence-electron chi connectivity index (χ2n) is 4.10. The minimum atomic E-state index is -0.307. The molecule has 0 aliphatic carbocycles. The fourth-order valence-electron chi connectivity index (χ4n) is 1.65. The monoisotopic (exact) mass is 258 g/mol. The molecule has 0 aliphatic rings. The minimum Gasteiger partial charge on any atom is -0.495 e. The van der Waals surface area contributed by atoms with Gasteiger partial charge in [-0.25, -0.2) is 0 Å². The van der Waals surface area contributed by atoms with E-state index in [0.29, 0.717) is 17.0 Å². The van der Waals surface area contributed by atoms with Gasteiger partial charge in [0.25, 0.3) is 5.91 Å². The first-order chi connectivity index (χ1) is 9.10. The van der Waals surface area contributed by atoms with Gasteiger partial charge in [0, 0.05) is 12.3 Å². The lowest BCUT2D eigenvalue weighted by atomic mass is 10.2. The maximum Gasteiger partial charge on any atom is 0.257 e. The lowest BCUT2D eigenvalue weighted by molar-refractivity contribution is 0.102. The second kappa shape index (κ2) is 5.39. The van der Waals surface area contributed by atoms with E-state index in [2.05, 4.69) is 10.3 Å². The van der Waals surface area contributed by atoms with Crippen molar-refractivity contribution in [3.8, 4) is 5.75 Å². The number of anilines is 1. The standard InChI is InChI=1S/C14H14N2O3/c1-9-3-5-11(12(7-9)19-2)16-14(18)10-4-6-13(17)15-8-10/h3-8H,1-2H3,(H,15,17)(H,16,18). The molecule has 0 aliphatic heterocycles. The Hall–Kier alpha value is -2.56. The molecule has 1 aromatic carbocycles. The van der Waals surface area contributed by atoms with Crippen LogP contribution in [0.2, 0.25) is 0 Å². The fraction of sp³-hybridized carbons (Fsp3) is 0.143. The largest absolute Gasteiger partial charge is 0.495 e. The van der Waals surface area contributed by atoms with E-state index >= 15 is 0 Å². The molecule has 1 heterocycles. The van der Waals surface area contributed by atoms with Gasteiger partial charge in [-0.05, 0) is 30.7 Å². The molecule has 2 aromatic rings. The first-order valence-corrected chi connectivity index (χ1v) is 5.75. The summed E-state index contributed by atoms with van der Waals surface area (Å²) < 4.78 is 5.21. The Bertz CT molecular complexity index is 641. The van der Waals surface area contributed by atoms with Gasteiger partial charge < -0.3 is 15.0 Å². The Morgan fingerprint density at radius 2 is 2.05 bits per heavy atom. The molecule has 5 nitrogen and oxygen atoms in total. The third-order valence-corrected chi connectivity index (χ3v) is 2.65. The molecule has 0 radical (unpaired) electrons. The predicted octanol–water partition coefficient (Wildman–Crippen LogP) is 1.94.